The maximum Gasteiger partial charge on any atom is 0.0784 e. The molecule has 2 atom stereocenters. The van der Waals surface area contributed by atoms with Crippen molar-refractivity contribution in [2.24, 2.45) is 0 Å². The summed E-state index contributed by atoms with van der Waals surface area (Å²) in [6, 6.07) is 6.10. The molecule has 0 amide bonds. The first kappa shape index (κ1) is 11.2. The highest BCUT2D eigenvalue weighted by atomic mass is 35.5. The van der Waals surface area contributed by atoms with E-state index in [0.717, 1.165) is 24.7 Å². The van der Waals surface area contributed by atoms with Crippen LogP contribution in [-0.2, 0) is 11.3 Å². The van der Waals surface area contributed by atoms with Gasteiger partial charge in [0.15, 0.2) is 0 Å². The van der Waals surface area contributed by atoms with Gasteiger partial charge < -0.3 is 10.1 Å². The van der Waals surface area contributed by atoms with Crippen molar-refractivity contribution in [2.75, 3.05) is 13.1 Å². The zero-order chi connectivity index (χ0) is 9.54. The van der Waals surface area contributed by atoms with E-state index in [1.54, 1.807) is 0 Å². The first-order valence-corrected chi connectivity index (χ1v) is 5.33. The Bertz CT molecular complexity index is 370. The molecule has 2 aliphatic heterocycles. The standard InChI is InChI=1S/C11H12ClNO.ClH/c12-8-2-1-7-6-14-11-5-13-4-10(11)9(7)3-8;/h1-3,10-11,13H,4-6H2;1H/t10-,11-;/m1./s1. The van der Waals surface area contributed by atoms with Crippen LogP contribution in [0.25, 0.3) is 0 Å². The fourth-order valence-electron chi connectivity index (χ4n) is 2.38. The number of fused-ring (bicyclic) bond motifs is 3. The van der Waals surface area contributed by atoms with E-state index in [4.69, 9.17) is 16.3 Å². The van der Waals surface area contributed by atoms with Crippen LogP contribution < -0.4 is 5.32 Å². The van der Waals surface area contributed by atoms with Crippen LogP contribution in [0.1, 0.15) is 17.0 Å². The maximum absolute atomic E-state index is 6.01. The zero-order valence-corrected chi connectivity index (χ0v) is 9.77. The monoisotopic (exact) mass is 245 g/mol. The van der Waals surface area contributed by atoms with E-state index in [2.05, 4.69) is 17.4 Å². The van der Waals surface area contributed by atoms with Gasteiger partial charge in [0, 0.05) is 24.0 Å². The van der Waals surface area contributed by atoms with E-state index >= 15 is 0 Å². The number of rotatable bonds is 0. The predicted molar refractivity (Wildman–Crippen MR) is 62.9 cm³/mol. The molecule has 2 aliphatic rings. The molecule has 2 nitrogen and oxygen atoms in total. The van der Waals surface area contributed by atoms with Gasteiger partial charge in [-0.25, -0.2) is 0 Å². The van der Waals surface area contributed by atoms with Crippen LogP contribution in [-0.4, -0.2) is 19.2 Å². The lowest BCUT2D eigenvalue weighted by atomic mass is 9.90. The molecule has 0 bridgehead atoms. The van der Waals surface area contributed by atoms with Gasteiger partial charge in [-0.05, 0) is 23.3 Å². The minimum absolute atomic E-state index is 0. The first-order chi connectivity index (χ1) is 6.84. The summed E-state index contributed by atoms with van der Waals surface area (Å²) in [4.78, 5) is 0. The summed E-state index contributed by atoms with van der Waals surface area (Å²) in [5, 5.41) is 4.19. The number of hydrogen-bond donors (Lipinski definition) is 1. The third-order valence-corrected chi connectivity index (χ3v) is 3.35. The summed E-state index contributed by atoms with van der Waals surface area (Å²) in [5.74, 6) is 0.498. The average molecular weight is 246 g/mol. The molecule has 1 fully saturated rings. The first-order valence-electron chi connectivity index (χ1n) is 4.95. The van der Waals surface area contributed by atoms with Gasteiger partial charge in [0.05, 0.1) is 12.7 Å². The number of hydrogen-bond acceptors (Lipinski definition) is 2. The third kappa shape index (κ3) is 1.87. The van der Waals surface area contributed by atoms with E-state index < -0.39 is 0 Å². The van der Waals surface area contributed by atoms with Crippen LogP contribution in [0.3, 0.4) is 0 Å². The van der Waals surface area contributed by atoms with Crippen LogP contribution in [0.2, 0.25) is 5.02 Å². The number of benzene rings is 1. The van der Waals surface area contributed by atoms with E-state index in [9.17, 15) is 0 Å². The second-order valence-electron chi connectivity index (χ2n) is 3.96. The zero-order valence-electron chi connectivity index (χ0n) is 8.20. The summed E-state index contributed by atoms with van der Waals surface area (Å²) in [6.07, 6.45) is 0.348. The fourth-order valence-corrected chi connectivity index (χ4v) is 2.56. The number of ether oxygens (including phenoxy) is 1. The van der Waals surface area contributed by atoms with Gasteiger partial charge in [-0.15, -0.1) is 12.4 Å². The molecule has 0 radical (unpaired) electrons. The quantitative estimate of drug-likeness (QED) is 0.758. The van der Waals surface area contributed by atoms with Crippen LogP contribution in [0.4, 0.5) is 0 Å². The molecule has 0 saturated carbocycles. The van der Waals surface area contributed by atoms with Gasteiger partial charge in [0.25, 0.3) is 0 Å². The molecule has 0 unspecified atom stereocenters. The van der Waals surface area contributed by atoms with Gasteiger partial charge in [-0.1, -0.05) is 17.7 Å². The molecule has 1 N–H and O–H groups in total. The molecule has 0 spiro atoms. The predicted octanol–water partition coefficient (Wildman–Crippen LogP) is 2.35. The molecule has 15 heavy (non-hydrogen) atoms. The molecule has 0 aromatic heterocycles. The van der Waals surface area contributed by atoms with Gasteiger partial charge in [0.2, 0.25) is 0 Å². The molecular weight excluding hydrogens is 233 g/mol. The molecule has 3 rings (SSSR count). The highest BCUT2D eigenvalue weighted by Gasteiger charge is 2.34. The van der Waals surface area contributed by atoms with E-state index in [1.165, 1.54) is 11.1 Å². The molecule has 1 aromatic rings. The Hall–Kier alpha value is -0.280. The lowest BCUT2D eigenvalue weighted by Gasteiger charge is -2.27. The SMILES string of the molecule is Cl.Clc1ccc2c(c1)[C@H]1CNC[C@H]1OC2. The number of nitrogens with one attached hydrogen (secondary N) is 1. The summed E-state index contributed by atoms with van der Waals surface area (Å²) in [5.41, 5.74) is 2.66. The second-order valence-corrected chi connectivity index (χ2v) is 4.39. The Labute approximate surface area is 100 Å². The summed E-state index contributed by atoms with van der Waals surface area (Å²) in [6.45, 7) is 2.71. The van der Waals surface area contributed by atoms with Gasteiger partial charge in [0.1, 0.15) is 0 Å². The third-order valence-electron chi connectivity index (χ3n) is 3.12. The topological polar surface area (TPSA) is 21.3 Å². The Balaban J connectivity index is 0.000000853. The van der Waals surface area contributed by atoms with Crippen molar-refractivity contribution in [3.8, 4) is 0 Å². The van der Waals surface area contributed by atoms with E-state index in [-0.39, 0.29) is 12.4 Å². The van der Waals surface area contributed by atoms with Crippen molar-refractivity contribution in [2.45, 2.75) is 18.6 Å². The van der Waals surface area contributed by atoms with E-state index in [1.807, 2.05) is 6.07 Å². The van der Waals surface area contributed by atoms with Crippen LogP contribution in [0, 0.1) is 0 Å². The van der Waals surface area contributed by atoms with Crippen molar-refractivity contribution in [1.82, 2.24) is 5.32 Å². The molecular formula is C11H13Cl2NO. The second kappa shape index (κ2) is 4.30. The van der Waals surface area contributed by atoms with Gasteiger partial charge in [-0.2, -0.15) is 0 Å². The van der Waals surface area contributed by atoms with Crippen molar-refractivity contribution >= 4 is 24.0 Å². The normalized spacial score (nSPS) is 27.8. The Morgan fingerprint density at radius 2 is 2.20 bits per heavy atom. The van der Waals surface area contributed by atoms with Crippen molar-refractivity contribution in [1.29, 1.82) is 0 Å². The fraction of sp³-hybridized carbons (Fsp3) is 0.455. The molecule has 2 heterocycles. The molecule has 1 saturated heterocycles. The summed E-state index contributed by atoms with van der Waals surface area (Å²) >= 11 is 6.01. The Morgan fingerprint density at radius 3 is 3.07 bits per heavy atom. The minimum Gasteiger partial charge on any atom is -0.372 e. The Kier molecular flexibility index (Phi) is 3.21. The lowest BCUT2D eigenvalue weighted by Crippen LogP contribution is -2.26. The highest BCUT2D eigenvalue weighted by molar-refractivity contribution is 6.30. The average Bonchev–Trinajstić information content (AvgIpc) is 2.65. The minimum atomic E-state index is 0. The van der Waals surface area contributed by atoms with Crippen LogP contribution in [0.15, 0.2) is 18.2 Å². The van der Waals surface area contributed by atoms with Crippen LogP contribution in [0.5, 0.6) is 0 Å². The van der Waals surface area contributed by atoms with Crippen LogP contribution >= 0.6 is 24.0 Å². The molecule has 4 heteroatoms. The van der Waals surface area contributed by atoms with Gasteiger partial charge >= 0.3 is 0 Å². The lowest BCUT2D eigenvalue weighted by molar-refractivity contribution is 0.0299. The summed E-state index contributed by atoms with van der Waals surface area (Å²) < 4.78 is 5.76. The van der Waals surface area contributed by atoms with Crippen molar-refractivity contribution in [3.05, 3.63) is 34.3 Å². The van der Waals surface area contributed by atoms with Gasteiger partial charge in [-0.3, -0.25) is 0 Å². The highest BCUT2D eigenvalue weighted by Crippen LogP contribution is 2.34. The largest absolute Gasteiger partial charge is 0.372 e. The molecule has 1 aromatic carbocycles. The molecule has 0 aliphatic carbocycles. The summed E-state index contributed by atoms with van der Waals surface area (Å²) in [7, 11) is 0. The maximum atomic E-state index is 6.01. The van der Waals surface area contributed by atoms with Crippen molar-refractivity contribution in [3.63, 3.8) is 0 Å². The van der Waals surface area contributed by atoms with Crippen molar-refractivity contribution < 1.29 is 4.74 Å². The molecule has 82 valence electrons. The smallest absolute Gasteiger partial charge is 0.0784 e. The van der Waals surface area contributed by atoms with E-state index in [0.29, 0.717) is 12.0 Å². The number of halogens is 2. The Morgan fingerprint density at radius 1 is 1.33 bits per heavy atom.